The van der Waals surface area contributed by atoms with E-state index in [1.54, 1.807) is 18.3 Å². The molecule has 0 bridgehead atoms. The van der Waals surface area contributed by atoms with Gasteiger partial charge in [-0.15, -0.1) is 0 Å². The Balaban J connectivity index is 2.72. The highest BCUT2D eigenvalue weighted by atomic mass is 16.6. The molecule has 0 aliphatic heterocycles. The smallest absolute Gasteiger partial charge is 0.308 e. The molecule has 0 radical (unpaired) electrons. The number of hydrogen-bond donors (Lipinski definition) is 0. The SMILES string of the molecule is COc1cc(OC(C)=O)c2ncccc2c1OC(C)=O. The van der Waals surface area contributed by atoms with Crippen LogP contribution in [0.25, 0.3) is 10.9 Å². The zero-order valence-electron chi connectivity index (χ0n) is 11.3. The molecule has 1 aromatic carbocycles. The molecule has 0 saturated heterocycles. The van der Waals surface area contributed by atoms with Gasteiger partial charge in [-0.25, -0.2) is 0 Å². The van der Waals surface area contributed by atoms with E-state index in [-0.39, 0.29) is 17.2 Å². The predicted octanol–water partition coefficient (Wildman–Crippen LogP) is 2.09. The zero-order valence-corrected chi connectivity index (χ0v) is 11.3. The molecule has 0 aliphatic rings. The third-order valence-corrected chi connectivity index (χ3v) is 2.49. The van der Waals surface area contributed by atoms with Crippen LogP contribution < -0.4 is 14.2 Å². The van der Waals surface area contributed by atoms with Gasteiger partial charge in [0.25, 0.3) is 0 Å². The second-order valence-electron chi connectivity index (χ2n) is 3.99. The van der Waals surface area contributed by atoms with Gasteiger partial charge >= 0.3 is 11.9 Å². The third kappa shape index (κ3) is 2.69. The summed E-state index contributed by atoms with van der Waals surface area (Å²) in [7, 11) is 1.43. The van der Waals surface area contributed by atoms with E-state index < -0.39 is 11.9 Å². The summed E-state index contributed by atoms with van der Waals surface area (Å²) in [6.45, 7) is 2.59. The summed E-state index contributed by atoms with van der Waals surface area (Å²) in [5.74, 6) is -0.162. The minimum atomic E-state index is -0.478. The van der Waals surface area contributed by atoms with Crippen molar-refractivity contribution in [2.24, 2.45) is 0 Å². The normalized spacial score (nSPS) is 10.2. The number of benzene rings is 1. The van der Waals surface area contributed by atoms with Crippen molar-refractivity contribution >= 4 is 22.8 Å². The number of esters is 2. The number of carbonyl (C=O) groups is 2. The Kier molecular flexibility index (Phi) is 3.84. The maximum Gasteiger partial charge on any atom is 0.308 e. The Morgan fingerprint density at radius 1 is 1.10 bits per heavy atom. The number of methoxy groups -OCH3 is 1. The van der Waals surface area contributed by atoms with Crippen LogP contribution in [0.15, 0.2) is 24.4 Å². The van der Waals surface area contributed by atoms with Gasteiger partial charge in [-0.2, -0.15) is 0 Å². The first kappa shape index (κ1) is 13.8. The molecule has 2 aromatic rings. The highest BCUT2D eigenvalue weighted by molar-refractivity contribution is 5.95. The van der Waals surface area contributed by atoms with Crippen LogP contribution in [0.1, 0.15) is 13.8 Å². The first-order valence-electron chi connectivity index (χ1n) is 5.85. The summed E-state index contributed by atoms with van der Waals surface area (Å²) in [5, 5.41) is 0.526. The Bertz CT molecular complexity index is 681. The van der Waals surface area contributed by atoms with Crippen LogP contribution in [0.4, 0.5) is 0 Å². The minimum absolute atomic E-state index is 0.249. The van der Waals surface area contributed by atoms with Crippen molar-refractivity contribution < 1.29 is 23.8 Å². The number of nitrogens with zero attached hydrogens (tertiary/aromatic N) is 1. The van der Waals surface area contributed by atoms with Gasteiger partial charge in [0.05, 0.1) is 12.5 Å². The summed E-state index contributed by atoms with van der Waals surface area (Å²) in [6.07, 6.45) is 1.55. The van der Waals surface area contributed by atoms with Gasteiger partial charge in [-0.3, -0.25) is 14.6 Å². The van der Waals surface area contributed by atoms with Crippen LogP contribution in [0.3, 0.4) is 0 Å². The molecule has 2 rings (SSSR count). The fraction of sp³-hybridized carbons (Fsp3) is 0.214. The average Bonchev–Trinajstić information content (AvgIpc) is 2.40. The lowest BCUT2D eigenvalue weighted by molar-refractivity contribution is -0.133. The molecule has 1 heterocycles. The summed E-state index contributed by atoms with van der Waals surface area (Å²) >= 11 is 0. The molecule has 0 atom stereocenters. The van der Waals surface area contributed by atoms with Gasteiger partial charge in [0.15, 0.2) is 17.2 Å². The van der Waals surface area contributed by atoms with Crippen molar-refractivity contribution in [2.75, 3.05) is 7.11 Å². The van der Waals surface area contributed by atoms with E-state index in [0.717, 1.165) is 0 Å². The van der Waals surface area contributed by atoms with Crippen molar-refractivity contribution in [2.45, 2.75) is 13.8 Å². The first-order chi connectivity index (χ1) is 9.52. The van der Waals surface area contributed by atoms with Gasteiger partial charge in [0.1, 0.15) is 5.52 Å². The molecule has 1 aromatic heterocycles. The quantitative estimate of drug-likeness (QED) is 0.630. The van der Waals surface area contributed by atoms with E-state index in [1.165, 1.54) is 27.0 Å². The molecule has 104 valence electrons. The van der Waals surface area contributed by atoms with Gasteiger partial charge in [-0.05, 0) is 12.1 Å². The molecule has 0 N–H and O–H groups in total. The standard InChI is InChI=1S/C14H13NO5/c1-8(16)19-11-7-12(18-3)14(20-9(2)17)10-5-4-6-15-13(10)11/h4-7H,1-3H3. The third-order valence-electron chi connectivity index (χ3n) is 2.49. The summed E-state index contributed by atoms with van der Waals surface area (Å²) in [4.78, 5) is 26.5. The number of ether oxygens (including phenoxy) is 3. The van der Waals surface area contributed by atoms with Crippen LogP contribution in [0, 0.1) is 0 Å². The Morgan fingerprint density at radius 2 is 1.80 bits per heavy atom. The highest BCUT2D eigenvalue weighted by Crippen LogP contribution is 2.40. The number of aromatic nitrogens is 1. The summed E-state index contributed by atoms with van der Waals surface area (Å²) in [5.41, 5.74) is 0.416. The maximum absolute atomic E-state index is 11.2. The largest absolute Gasteiger partial charge is 0.493 e. The minimum Gasteiger partial charge on any atom is -0.493 e. The van der Waals surface area contributed by atoms with E-state index in [2.05, 4.69) is 4.98 Å². The Morgan fingerprint density at radius 3 is 2.40 bits per heavy atom. The van der Waals surface area contributed by atoms with Crippen molar-refractivity contribution in [1.82, 2.24) is 4.98 Å². The molecule has 6 nitrogen and oxygen atoms in total. The number of carbonyl (C=O) groups excluding carboxylic acids is 2. The topological polar surface area (TPSA) is 74.7 Å². The Hall–Kier alpha value is -2.63. The Labute approximate surface area is 115 Å². The van der Waals surface area contributed by atoms with Gasteiger partial charge < -0.3 is 14.2 Å². The molecule has 0 aliphatic carbocycles. The summed E-state index contributed by atoms with van der Waals surface area (Å²) in [6, 6.07) is 4.86. The van der Waals surface area contributed by atoms with E-state index in [1.807, 2.05) is 0 Å². The van der Waals surface area contributed by atoms with Crippen molar-refractivity contribution in [1.29, 1.82) is 0 Å². The molecule has 0 unspecified atom stereocenters. The van der Waals surface area contributed by atoms with Gasteiger partial charge in [-0.1, -0.05) is 0 Å². The fourth-order valence-electron chi connectivity index (χ4n) is 1.80. The second-order valence-corrected chi connectivity index (χ2v) is 3.99. The summed E-state index contributed by atoms with van der Waals surface area (Å²) < 4.78 is 15.5. The van der Waals surface area contributed by atoms with E-state index in [0.29, 0.717) is 10.9 Å². The maximum atomic E-state index is 11.2. The lowest BCUT2D eigenvalue weighted by Crippen LogP contribution is -2.06. The lowest BCUT2D eigenvalue weighted by atomic mass is 10.1. The van der Waals surface area contributed by atoms with Crippen LogP contribution in [-0.2, 0) is 9.59 Å². The average molecular weight is 275 g/mol. The van der Waals surface area contributed by atoms with Crippen LogP contribution >= 0.6 is 0 Å². The highest BCUT2D eigenvalue weighted by Gasteiger charge is 2.18. The molecular formula is C14H13NO5. The van der Waals surface area contributed by atoms with Gasteiger partial charge in [0, 0.05) is 26.1 Å². The fourth-order valence-corrected chi connectivity index (χ4v) is 1.80. The zero-order chi connectivity index (χ0) is 14.7. The number of rotatable bonds is 3. The van der Waals surface area contributed by atoms with Gasteiger partial charge in [0.2, 0.25) is 0 Å². The molecule has 0 spiro atoms. The molecule has 0 saturated carbocycles. The number of fused-ring (bicyclic) bond motifs is 1. The van der Waals surface area contributed by atoms with Crippen molar-refractivity contribution in [3.05, 3.63) is 24.4 Å². The molecular weight excluding hydrogens is 262 g/mol. The van der Waals surface area contributed by atoms with Crippen molar-refractivity contribution in [3.8, 4) is 17.2 Å². The van der Waals surface area contributed by atoms with E-state index >= 15 is 0 Å². The van der Waals surface area contributed by atoms with Crippen LogP contribution in [0.5, 0.6) is 17.2 Å². The lowest BCUT2D eigenvalue weighted by Gasteiger charge is -2.13. The molecule has 0 amide bonds. The van der Waals surface area contributed by atoms with Crippen molar-refractivity contribution in [3.63, 3.8) is 0 Å². The number of hydrogen-bond acceptors (Lipinski definition) is 6. The monoisotopic (exact) mass is 275 g/mol. The molecule has 6 heteroatoms. The predicted molar refractivity (Wildman–Crippen MR) is 70.9 cm³/mol. The van der Waals surface area contributed by atoms with E-state index in [4.69, 9.17) is 14.2 Å². The first-order valence-corrected chi connectivity index (χ1v) is 5.85. The number of pyridine rings is 1. The van der Waals surface area contributed by atoms with E-state index in [9.17, 15) is 9.59 Å². The second kappa shape index (κ2) is 5.56. The molecule has 0 fully saturated rings. The molecule has 20 heavy (non-hydrogen) atoms. The van der Waals surface area contributed by atoms with Crippen LogP contribution in [-0.4, -0.2) is 24.0 Å². The van der Waals surface area contributed by atoms with Crippen LogP contribution in [0.2, 0.25) is 0 Å².